The van der Waals surface area contributed by atoms with Crippen LogP contribution in [-0.2, 0) is 0 Å². The van der Waals surface area contributed by atoms with Crippen molar-refractivity contribution < 1.29 is 0 Å². The molecule has 27 heavy (non-hydrogen) atoms. The average Bonchev–Trinajstić information content (AvgIpc) is 3.23. The lowest BCUT2D eigenvalue weighted by atomic mass is 9.85. The van der Waals surface area contributed by atoms with Gasteiger partial charge in [0.1, 0.15) is 0 Å². The second-order valence-corrected chi connectivity index (χ2v) is 9.63. The van der Waals surface area contributed by atoms with Crippen molar-refractivity contribution in [3.63, 3.8) is 0 Å². The van der Waals surface area contributed by atoms with Gasteiger partial charge in [0.15, 0.2) is 0 Å². The molecule has 5 rings (SSSR count). The number of fused-ring (bicyclic) bond motifs is 3. The number of thioether (sulfide) groups is 1. The molecule has 0 N–H and O–H groups in total. The molecule has 1 aromatic carbocycles. The molecule has 1 heteroatoms. The van der Waals surface area contributed by atoms with Gasteiger partial charge >= 0.3 is 0 Å². The summed E-state index contributed by atoms with van der Waals surface area (Å²) in [7, 11) is 0. The zero-order valence-corrected chi connectivity index (χ0v) is 17.4. The van der Waals surface area contributed by atoms with Crippen LogP contribution in [0.2, 0.25) is 0 Å². The van der Waals surface area contributed by atoms with Crippen LogP contribution in [0.3, 0.4) is 0 Å². The molecule has 2 unspecified atom stereocenters. The van der Waals surface area contributed by atoms with Gasteiger partial charge in [0.25, 0.3) is 0 Å². The van der Waals surface area contributed by atoms with E-state index >= 15 is 0 Å². The van der Waals surface area contributed by atoms with Crippen LogP contribution < -0.4 is 0 Å². The fraction of sp³-hybridized carbons (Fsp3) is 0.308. The van der Waals surface area contributed by atoms with Crippen molar-refractivity contribution in [2.24, 2.45) is 0 Å². The van der Waals surface area contributed by atoms with E-state index in [1.165, 1.54) is 55.9 Å². The Hall–Kier alpha value is -1.99. The highest BCUT2D eigenvalue weighted by Gasteiger charge is 2.32. The molecular weight excluding hydrogens is 344 g/mol. The van der Waals surface area contributed by atoms with E-state index in [1.54, 1.807) is 5.57 Å². The van der Waals surface area contributed by atoms with E-state index in [4.69, 9.17) is 0 Å². The lowest BCUT2D eigenvalue weighted by Gasteiger charge is -2.21. The molecule has 0 spiro atoms. The topological polar surface area (TPSA) is 0 Å². The van der Waals surface area contributed by atoms with Gasteiger partial charge in [-0.3, -0.25) is 0 Å². The number of hydrogen-bond donors (Lipinski definition) is 0. The van der Waals surface area contributed by atoms with Gasteiger partial charge in [-0.15, -0.1) is 11.8 Å². The van der Waals surface area contributed by atoms with E-state index < -0.39 is 0 Å². The minimum absolute atomic E-state index is 0.520. The smallest absolute Gasteiger partial charge is 0.0533 e. The quantitative estimate of drug-likeness (QED) is 0.531. The fourth-order valence-electron chi connectivity index (χ4n) is 5.05. The zero-order chi connectivity index (χ0) is 18.7. The Labute approximate surface area is 167 Å². The van der Waals surface area contributed by atoms with Gasteiger partial charge < -0.3 is 0 Å². The van der Waals surface area contributed by atoms with Crippen LogP contribution >= 0.6 is 11.8 Å². The average molecular weight is 371 g/mol. The van der Waals surface area contributed by atoms with Gasteiger partial charge in [-0.25, -0.2) is 0 Å². The maximum absolute atomic E-state index is 2.53. The second-order valence-electron chi connectivity index (χ2n) is 8.27. The Bertz CT molecular complexity index is 1040. The van der Waals surface area contributed by atoms with E-state index in [1.807, 2.05) is 11.8 Å². The fourth-order valence-corrected chi connectivity index (χ4v) is 6.30. The number of benzene rings is 1. The summed E-state index contributed by atoms with van der Waals surface area (Å²) in [5.41, 5.74) is 13.4. The highest BCUT2D eigenvalue weighted by Crippen LogP contribution is 2.50. The van der Waals surface area contributed by atoms with E-state index in [0.29, 0.717) is 11.2 Å². The maximum Gasteiger partial charge on any atom is 0.0533 e. The van der Waals surface area contributed by atoms with Crippen molar-refractivity contribution in [1.82, 2.24) is 0 Å². The third kappa shape index (κ3) is 2.67. The largest absolute Gasteiger partial charge is 0.118 e. The summed E-state index contributed by atoms with van der Waals surface area (Å²) in [5, 5.41) is 0.520. The summed E-state index contributed by atoms with van der Waals surface area (Å²) in [6.45, 7) is 9.13. The Morgan fingerprint density at radius 3 is 2.63 bits per heavy atom. The zero-order valence-electron chi connectivity index (χ0n) is 16.6. The molecule has 136 valence electrons. The molecule has 0 amide bonds. The van der Waals surface area contributed by atoms with Crippen LogP contribution in [0.15, 0.2) is 86.4 Å². The lowest BCUT2D eigenvalue weighted by Crippen LogP contribution is -2.08. The van der Waals surface area contributed by atoms with Gasteiger partial charge in [-0.1, -0.05) is 48.1 Å². The van der Waals surface area contributed by atoms with Gasteiger partial charge in [-0.2, -0.15) is 0 Å². The van der Waals surface area contributed by atoms with Gasteiger partial charge in [0.05, 0.1) is 5.25 Å². The van der Waals surface area contributed by atoms with Crippen molar-refractivity contribution >= 4 is 17.8 Å². The molecular formula is C26H26S. The van der Waals surface area contributed by atoms with Gasteiger partial charge in [0.2, 0.25) is 0 Å². The predicted molar refractivity (Wildman–Crippen MR) is 119 cm³/mol. The summed E-state index contributed by atoms with van der Waals surface area (Å²) in [5.74, 6) is 0.577. The molecule has 2 atom stereocenters. The standard InChI is InChI=1S/C26H26S/c1-15-11-19-7-5-6-8-23(19)21(15)9-10-22-16(2)12-20-13-24-17(3)18(4)27-26(24)14-25(20)22/h5-8,11-14,21,26H,9-10H2,1-4H3. The van der Waals surface area contributed by atoms with E-state index in [9.17, 15) is 0 Å². The molecule has 0 radical (unpaired) electrons. The van der Waals surface area contributed by atoms with Crippen molar-refractivity contribution in [3.05, 3.63) is 97.5 Å². The molecule has 0 saturated carbocycles. The second kappa shape index (κ2) is 6.27. The number of rotatable bonds is 3. The highest BCUT2D eigenvalue weighted by atomic mass is 32.2. The summed E-state index contributed by atoms with van der Waals surface area (Å²) in [6, 6.07) is 8.90. The van der Waals surface area contributed by atoms with Crippen LogP contribution in [0, 0.1) is 0 Å². The summed E-state index contributed by atoms with van der Waals surface area (Å²) < 4.78 is 0. The Kier molecular flexibility index (Phi) is 3.98. The van der Waals surface area contributed by atoms with Crippen molar-refractivity contribution in [2.75, 3.05) is 0 Å². The molecule has 3 aliphatic carbocycles. The highest BCUT2D eigenvalue weighted by molar-refractivity contribution is 8.04. The first-order chi connectivity index (χ1) is 13.0. The van der Waals surface area contributed by atoms with E-state index in [-0.39, 0.29) is 0 Å². The number of hydrogen-bond acceptors (Lipinski definition) is 1. The van der Waals surface area contributed by atoms with Crippen molar-refractivity contribution in [2.45, 2.75) is 51.7 Å². The van der Waals surface area contributed by atoms with Crippen LogP contribution in [0.4, 0.5) is 0 Å². The molecule has 0 aromatic heterocycles. The summed E-state index contributed by atoms with van der Waals surface area (Å²) in [4.78, 5) is 1.48. The SMILES string of the molecule is CC1=Cc2ccccc2C1CCC1=C(C)C=C2C=C3C(C)=C(C)SC3C=C21. The van der Waals surface area contributed by atoms with Gasteiger partial charge in [-0.05, 0) is 96.1 Å². The third-order valence-corrected chi connectivity index (χ3v) is 7.98. The molecule has 0 nitrogen and oxygen atoms in total. The van der Waals surface area contributed by atoms with Crippen LogP contribution in [-0.4, -0.2) is 5.25 Å². The molecule has 0 fully saturated rings. The van der Waals surface area contributed by atoms with Gasteiger partial charge in [0, 0.05) is 5.92 Å². The third-order valence-electron chi connectivity index (χ3n) is 6.67. The van der Waals surface area contributed by atoms with E-state index in [0.717, 1.165) is 6.42 Å². The monoisotopic (exact) mass is 370 g/mol. The first-order valence-electron chi connectivity index (χ1n) is 10.00. The minimum Gasteiger partial charge on any atom is -0.118 e. The van der Waals surface area contributed by atoms with Crippen LogP contribution in [0.25, 0.3) is 6.08 Å². The summed E-state index contributed by atoms with van der Waals surface area (Å²) in [6.07, 6.45) is 12.1. The Morgan fingerprint density at radius 1 is 0.963 bits per heavy atom. The summed E-state index contributed by atoms with van der Waals surface area (Å²) >= 11 is 2.02. The maximum atomic E-state index is 2.53. The lowest BCUT2D eigenvalue weighted by molar-refractivity contribution is 0.712. The molecule has 4 aliphatic rings. The number of allylic oxidation sites excluding steroid dienone is 9. The molecule has 1 aliphatic heterocycles. The molecule has 1 heterocycles. The predicted octanol–water partition coefficient (Wildman–Crippen LogP) is 7.50. The minimum atomic E-state index is 0.520. The molecule has 1 aromatic rings. The normalized spacial score (nSPS) is 25.8. The van der Waals surface area contributed by atoms with Crippen LogP contribution in [0.5, 0.6) is 0 Å². The first-order valence-corrected chi connectivity index (χ1v) is 10.9. The Morgan fingerprint density at radius 2 is 1.78 bits per heavy atom. The molecule has 0 saturated heterocycles. The Balaban J connectivity index is 1.38. The van der Waals surface area contributed by atoms with Crippen molar-refractivity contribution in [1.29, 1.82) is 0 Å². The first kappa shape index (κ1) is 17.1. The van der Waals surface area contributed by atoms with E-state index in [2.05, 4.69) is 76.3 Å². The van der Waals surface area contributed by atoms with Crippen LogP contribution in [0.1, 0.15) is 57.6 Å². The molecule has 0 bridgehead atoms. The van der Waals surface area contributed by atoms with Crippen molar-refractivity contribution in [3.8, 4) is 0 Å².